The third kappa shape index (κ3) is 4.90. The Labute approximate surface area is 127 Å². The van der Waals surface area contributed by atoms with Crippen molar-refractivity contribution >= 4 is 10.1 Å². The van der Waals surface area contributed by atoms with Gasteiger partial charge in [-0.25, -0.2) is 0 Å². The Balaban J connectivity index is 0.00000106. The second-order valence-corrected chi connectivity index (χ2v) is 6.22. The first kappa shape index (κ1) is 17.2. The average molecular weight is 306 g/mol. The van der Waals surface area contributed by atoms with E-state index in [1.54, 1.807) is 36.4 Å². The van der Waals surface area contributed by atoms with Crippen molar-refractivity contribution in [1.82, 2.24) is 0 Å². The van der Waals surface area contributed by atoms with E-state index in [0.29, 0.717) is 5.75 Å². The molecule has 2 rings (SSSR count). The van der Waals surface area contributed by atoms with Gasteiger partial charge in [0.05, 0.1) is 0 Å². The van der Waals surface area contributed by atoms with Crippen molar-refractivity contribution in [3.63, 3.8) is 0 Å². The van der Waals surface area contributed by atoms with Crippen LogP contribution in [0.3, 0.4) is 0 Å². The van der Waals surface area contributed by atoms with Crippen molar-refractivity contribution in [3.8, 4) is 5.75 Å². The normalized spacial score (nSPS) is 10.5. The van der Waals surface area contributed by atoms with E-state index < -0.39 is 10.1 Å². The molecule has 3 nitrogen and oxygen atoms in total. The maximum absolute atomic E-state index is 12.1. The zero-order chi connectivity index (χ0) is 16.0. The molecule has 0 spiro atoms. The van der Waals surface area contributed by atoms with Crippen molar-refractivity contribution in [2.75, 3.05) is 0 Å². The SMILES string of the molecule is CC.Cc1ccc(S(=O)(=O)Oc2cc(C)cc(C)c2)cc1. The Hall–Kier alpha value is -1.81. The molecule has 0 heterocycles. The van der Waals surface area contributed by atoms with Crippen LogP contribution in [0.2, 0.25) is 0 Å². The summed E-state index contributed by atoms with van der Waals surface area (Å²) in [7, 11) is -3.76. The molecule has 0 aliphatic carbocycles. The lowest BCUT2D eigenvalue weighted by Crippen LogP contribution is -2.09. The van der Waals surface area contributed by atoms with Crippen LogP contribution in [0.4, 0.5) is 0 Å². The molecule has 0 bridgehead atoms. The molecular formula is C17H22O3S. The summed E-state index contributed by atoms with van der Waals surface area (Å²) in [6.07, 6.45) is 0. The highest BCUT2D eigenvalue weighted by Gasteiger charge is 2.16. The molecule has 0 saturated carbocycles. The van der Waals surface area contributed by atoms with Crippen molar-refractivity contribution in [2.45, 2.75) is 39.5 Å². The lowest BCUT2D eigenvalue weighted by atomic mass is 10.1. The Morgan fingerprint density at radius 3 is 1.71 bits per heavy atom. The minimum Gasteiger partial charge on any atom is -0.379 e. The van der Waals surface area contributed by atoms with Gasteiger partial charge in [0.2, 0.25) is 0 Å². The predicted molar refractivity (Wildman–Crippen MR) is 86.3 cm³/mol. The van der Waals surface area contributed by atoms with Gasteiger partial charge in [-0.3, -0.25) is 0 Å². The molecule has 0 atom stereocenters. The van der Waals surface area contributed by atoms with Gasteiger partial charge in [-0.15, -0.1) is 0 Å². The topological polar surface area (TPSA) is 43.4 Å². The summed E-state index contributed by atoms with van der Waals surface area (Å²) < 4.78 is 29.4. The summed E-state index contributed by atoms with van der Waals surface area (Å²) >= 11 is 0. The van der Waals surface area contributed by atoms with E-state index in [-0.39, 0.29) is 4.90 Å². The van der Waals surface area contributed by atoms with Crippen LogP contribution in [-0.4, -0.2) is 8.42 Å². The van der Waals surface area contributed by atoms with Gasteiger partial charge in [-0.05, 0) is 56.2 Å². The molecule has 0 radical (unpaired) electrons. The van der Waals surface area contributed by atoms with Crippen molar-refractivity contribution in [1.29, 1.82) is 0 Å². The van der Waals surface area contributed by atoms with E-state index in [1.807, 2.05) is 40.7 Å². The molecule has 0 aliphatic heterocycles. The smallest absolute Gasteiger partial charge is 0.339 e. The zero-order valence-corrected chi connectivity index (χ0v) is 14.0. The zero-order valence-electron chi connectivity index (χ0n) is 13.2. The van der Waals surface area contributed by atoms with E-state index in [0.717, 1.165) is 16.7 Å². The van der Waals surface area contributed by atoms with Crippen LogP contribution in [0.25, 0.3) is 0 Å². The highest BCUT2D eigenvalue weighted by Crippen LogP contribution is 2.21. The minimum atomic E-state index is -3.76. The Morgan fingerprint density at radius 2 is 1.24 bits per heavy atom. The second kappa shape index (κ2) is 7.27. The molecule has 114 valence electrons. The summed E-state index contributed by atoms with van der Waals surface area (Å²) in [5, 5.41) is 0. The summed E-state index contributed by atoms with van der Waals surface area (Å²) in [5.74, 6) is 0.345. The Morgan fingerprint density at radius 1 is 0.762 bits per heavy atom. The monoisotopic (exact) mass is 306 g/mol. The first-order valence-corrected chi connectivity index (χ1v) is 8.37. The molecular weight excluding hydrogens is 284 g/mol. The first-order chi connectivity index (χ1) is 9.87. The van der Waals surface area contributed by atoms with Gasteiger partial charge in [-0.2, -0.15) is 8.42 Å². The molecule has 4 heteroatoms. The maximum Gasteiger partial charge on any atom is 0.339 e. The van der Waals surface area contributed by atoms with E-state index in [4.69, 9.17) is 4.18 Å². The third-order valence-electron chi connectivity index (χ3n) is 2.71. The second-order valence-electron chi connectivity index (χ2n) is 4.67. The number of benzene rings is 2. The van der Waals surface area contributed by atoms with Crippen molar-refractivity contribution in [2.24, 2.45) is 0 Å². The fraction of sp³-hybridized carbons (Fsp3) is 0.294. The van der Waals surface area contributed by atoms with Crippen LogP contribution in [0.1, 0.15) is 30.5 Å². The van der Waals surface area contributed by atoms with Crippen molar-refractivity contribution in [3.05, 3.63) is 59.2 Å². The van der Waals surface area contributed by atoms with E-state index in [9.17, 15) is 8.42 Å². The van der Waals surface area contributed by atoms with Gasteiger partial charge >= 0.3 is 10.1 Å². The summed E-state index contributed by atoms with van der Waals surface area (Å²) in [5.41, 5.74) is 2.94. The molecule has 2 aromatic carbocycles. The Kier molecular flexibility index (Phi) is 5.97. The molecule has 0 amide bonds. The summed E-state index contributed by atoms with van der Waals surface area (Å²) in [6.45, 7) is 9.71. The fourth-order valence-corrected chi connectivity index (χ4v) is 2.78. The van der Waals surface area contributed by atoms with E-state index in [1.165, 1.54) is 0 Å². The van der Waals surface area contributed by atoms with E-state index in [2.05, 4.69) is 0 Å². The Bertz CT molecular complexity index is 666. The average Bonchev–Trinajstić information content (AvgIpc) is 2.39. The highest BCUT2D eigenvalue weighted by atomic mass is 32.2. The van der Waals surface area contributed by atoms with Gasteiger partial charge in [0, 0.05) is 0 Å². The van der Waals surface area contributed by atoms with Gasteiger partial charge in [0.1, 0.15) is 10.6 Å². The lowest BCUT2D eigenvalue weighted by molar-refractivity contribution is 0.485. The van der Waals surface area contributed by atoms with Crippen LogP contribution in [0.5, 0.6) is 5.75 Å². The highest BCUT2D eigenvalue weighted by molar-refractivity contribution is 7.87. The van der Waals surface area contributed by atoms with Crippen LogP contribution >= 0.6 is 0 Å². The molecule has 0 aromatic heterocycles. The molecule has 0 unspecified atom stereocenters. The maximum atomic E-state index is 12.1. The lowest BCUT2D eigenvalue weighted by Gasteiger charge is -2.08. The molecule has 0 saturated heterocycles. The van der Waals surface area contributed by atoms with Crippen LogP contribution in [0, 0.1) is 20.8 Å². The van der Waals surface area contributed by atoms with Gasteiger partial charge < -0.3 is 4.18 Å². The molecule has 2 aromatic rings. The number of hydrogen-bond acceptors (Lipinski definition) is 3. The van der Waals surface area contributed by atoms with Gasteiger partial charge in [-0.1, -0.05) is 37.6 Å². The fourth-order valence-electron chi connectivity index (χ4n) is 1.86. The number of rotatable bonds is 3. The molecule has 0 N–H and O–H groups in total. The number of hydrogen-bond donors (Lipinski definition) is 0. The molecule has 21 heavy (non-hydrogen) atoms. The van der Waals surface area contributed by atoms with Crippen molar-refractivity contribution < 1.29 is 12.6 Å². The van der Waals surface area contributed by atoms with Gasteiger partial charge in [0.15, 0.2) is 0 Å². The minimum absolute atomic E-state index is 0.164. The number of aryl methyl sites for hydroxylation is 3. The van der Waals surface area contributed by atoms with Crippen LogP contribution in [0.15, 0.2) is 47.4 Å². The first-order valence-electron chi connectivity index (χ1n) is 6.96. The van der Waals surface area contributed by atoms with Crippen LogP contribution in [-0.2, 0) is 10.1 Å². The van der Waals surface area contributed by atoms with E-state index >= 15 is 0 Å². The summed E-state index contributed by atoms with van der Waals surface area (Å²) in [4.78, 5) is 0.164. The molecule has 0 aliphatic rings. The van der Waals surface area contributed by atoms with Gasteiger partial charge in [0.25, 0.3) is 0 Å². The predicted octanol–water partition coefficient (Wildman–Crippen LogP) is 4.41. The largest absolute Gasteiger partial charge is 0.379 e. The third-order valence-corrected chi connectivity index (χ3v) is 3.97. The standard InChI is InChI=1S/C15H16O3S.C2H6/c1-11-4-6-15(7-5-11)19(16,17)18-14-9-12(2)8-13(3)10-14;1-2/h4-10H,1-3H3;1-2H3. The van der Waals surface area contributed by atoms with Crippen LogP contribution < -0.4 is 4.18 Å². The quantitative estimate of drug-likeness (QED) is 0.789. The summed E-state index contributed by atoms with van der Waals surface area (Å²) in [6, 6.07) is 12.0. The molecule has 0 fully saturated rings.